The van der Waals surface area contributed by atoms with Crippen LogP contribution in [-0.4, -0.2) is 8.80 Å². The van der Waals surface area contributed by atoms with E-state index in [1.54, 1.807) is 0 Å². The molecule has 2 aromatic rings. The monoisotopic (exact) mass is 578 g/mol. The van der Waals surface area contributed by atoms with Gasteiger partial charge in [-0.1, -0.05) is 115 Å². The SMILES string of the molecule is CC(C)CCC[C@H](C)C1CC[C@H]2[C@@H]3CC[C@H]4C[C@H](C#C[SiH](c5ccccc5)c5ccccc5)CC[C@]4(C)[C@H]3CC[C@]12C. The van der Waals surface area contributed by atoms with Gasteiger partial charge in [0.1, 0.15) is 0 Å². The summed E-state index contributed by atoms with van der Waals surface area (Å²) in [7, 11) is -1.51. The average Bonchev–Trinajstić information content (AvgIpc) is 3.35. The normalized spacial score (nSPS) is 36.5. The molecule has 0 radical (unpaired) electrons. The lowest BCUT2D eigenvalue weighted by Crippen LogP contribution is -2.53. The Morgan fingerprint density at radius 3 is 2.05 bits per heavy atom. The van der Waals surface area contributed by atoms with Crippen molar-refractivity contribution >= 4 is 19.2 Å². The maximum Gasteiger partial charge on any atom is 0.183 e. The van der Waals surface area contributed by atoms with E-state index in [0.717, 1.165) is 41.4 Å². The van der Waals surface area contributed by atoms with Crippen molar-refractivity contribution < 1.29 is 0 Å². The molecule has 1 heteroatoms. The van der Waals surface area contributed by atoms with Gasteiger partial charge in [0.2, 0.25) is 0 Å². The van der Waals surface area contributed by atoms with Gasteiger partial charge >= 0.3 is 0 Å². The molecule has 42 heavy (non-hydrogen) atoms. The molecule has 0 nitrogen and oxygen atoms in total. The first-order valence-electron chi connectivity index (χ1n) is 17.9. The van der Waals surface area contributed by atoms with Crippen LogP contribution in [0.2, 0.25) is 0 Å². The molecule has 4 aliphatic rings. The Morgan fingerprint density at radius 1 is 0.738 bits per heavy atom. The standard InChI is InChI=1S/C41H58Si/c1-30(2)13-12-14-31(3)37-21-22-38-36-20-19-33-29-32(23-26-40(33,4)39(36)24-27-41(37,38)5)25-28-42(34-15-8-6-9-16-34)35-17-10-7-11-18-35/h6-11,15-18,30-33,36-39,42H,12-14,19-24,26-27,29H2,1-5H3/t31-,32-,33-,36-,37?,38-,39-,40-,41+/m0/s1. The molecule has 4 aliphatic carbocycles. The molecular weight excluding hydrogens is 521 g/mol. The summed E-state index contributed by atoms with van der Waals surface area (Å²) in [6.07, 6.45) is 17.4. The van der Waals surface area contributed by atoms with Gasteiger partial charge < -0.3 is 0 Å². The molecule has 0 bridgehead atoms. The second-order valence-electron chi connectivity index (χ2n) is 16.2. The Kier molecular flexibility index (Phi) is 9.13. The van der Waals surface area contributed by atoms with Gasteiger partial charge in [0.25, 0.3) is 0 Å². The summed E-state index contributed by atoms with van der Waals surface area (Å²) in [6.45, 7) is 12.9. The number of benzene rings is 2. The van der Waals surface area contributed by atoms with Gasteiger partial charge in [0, 0.05) is 5.92 Å². The third-order valence-electron chi connectivity index (χ3n) is 13.6. The van der Waals surface area contributed by atoms with Crippen LogP contribution in [0.3, 0.4) is 0 Å². The maximum absolute atomic E-state index is 3.95. The van der Waals surface area contributed by atoms with E-state index < -0.39 is 8.80 Å². The van der Waals surface area contributed by atoms with Gasteiger partial charge in [-0.3, -0.25) is 0 Å². The number of hydrogen-bond donors (Lipinski definition) is 0. The van der Waals surface area contributed by atoms with Crippen molar-refractivity contribution in [3.63, 3.8) is 0 Å². The Bertz CT molecular complexity index is 1180. The van der Waals surface area contributed by atoms with Crippen LogP contribution in [0.5, 0.6) is 0 Å². The third-order valence-corrected chi connectivity index (χ3v) is 16.1. The van der Waals surface area contributed by atoms with E-state index in [0.29, 0.717) is 16.7 Å². The Morgan fingerprint density at radius 2 is 1.38 bits per heavy atom. The molecule has 4 saturated carbocycles. The number of hydrogen-bond acceptors (Lipinski definition) is 0. The summed E-state index contributed by atoms with van der Waals surface area (Å²) in [5.74, 6) is 11.1. The molecule has 0 saturated heterocycles. The van der Waals surface area contributed by atoms with Gasteiger partial charge in [-0.25, -0.2) is 0 Å². The predicted molar refractivity (Wildman–Crippen MR) is 184 cm³/mol. The molecule has 9 atom stereocenters. The summed E-state index contributed by atoms with van der Waals surface area (Å²) in [5.41, 5.74) is 5.11. The molecule has 0 heterocycles. The molecule has 0 aliphatic heterocycles. The van der Waals surface area contributed by atoms with Crippen molar-refractivity contribution in [2.45, 2.75) is 112 Å². The fourth-order valence-electron chi connectivity index (χ4n) is 11.3. The molecule has 0 spiro atoms. The molecule has 0 N–H and O–H groups in total. The highest BCUT2D eigenvalue weighted by Crippen LogP contribution is 2.68. The minimum absolute atomic E-state index is 0.555. The van der Waals surface area contributed by atoms with Crippen molar-refractivity contribution in [2.24, 2.45) is 58.2 Å². The van der Waals surface area contributed by atoms with Crippen LogP contribution in [0.4, 0.5) is 0 Å². The number of rotatable bonds is 7. The second-order valence-corrected chi connectivity index (χ2v) is 18.7. The summed E-state index contributed by atoms with van der Waals surface area (Å²) < 4.78 is 0. The highest BCUT2D eigenvalue weighted by atomic mass is 28.3. The minimum Gasteiger partial charge on any atom is -0.124 e. The molecule has 0 amide bonds. The fourth-order valence-corrected chi connectivity index (χ4v) is 13.6. The van der Waals surface area contributed by atoms with Crippen LogP contribution in [0.1, 0.15) is 112 Å². The van der Waals surface area contributed by atoms with Gasteiger partial charge in [0.05, 0.1) is 0 Å². The van der Waals surface area contributed by atoms with Crippen molar-refractivity contribution in [3.05, 3.63) is 60.7 Å². The molecule has 226 valence electrons. The van der Waals surface area contributed by atoms with E-state index in [2.05, 4.69) is 107 Å². The molecule has 6 rings (SSSR count). The lowest BCUT2D eigenvalue weighted by atomic mass is 9.44. The Hall–Kier alpha value is -1.78. The van der Waals surface area contributed by atoms with Gasteiger partial charge in [-0.2, -0.15) is 0 Å². The van der Waals surface area contributed by atoms with Crippen LogP contribution in [0.15, 0.2) is 60.7 Å². The smallest absolute Gasteiger partial charge is 0.124 e. The van der Waals surface area contributed by atoms with E-state index in [1.165, 1.54) is 87.4 Å². The first-order valence-corrected chi connectivity index (χ1v) is 19.6. The van der Waals surface area contributed by atoms with Crippen LogP contribution >= 0.6 is 0 Å². The van der Waals surface area contributed by atoms with E-state index in [4.69, 9.17) is 0 Å². The van der Waals surface area contributed by atoms with Crippen molar-refractivity contribution in [1.29, 1.82) is 0 Å². The van der Waals surface area contributed by atoms with Gasteiger partial charge in [-0.05, 0) is 120 Å². The Balaban J connectivity index is 1.13. The summed E-state index contributed by atoms with van der Waals surface area (Å²) in [4.78, 5) is 0. The highest BCUT2D eigenvalue weighted by Gasteiger charge is 2.60. The van der Waals surface area contributed by atoms with E-state index >= 15 is 0 Å². The zero-order valence-electron chi connectivity index (χ0n) is 27.5. The first kappa shape index (κ1) is 30.3. The molecule has 2 aromatic carbocycles. The zero-order valence-corrected chi connectivity index (χ0v) is 28.6. The first-order chi connectivity index (χ1) is 20.3. The fraction of sp³-hybridized carbons (Fsp3) is 0.659. The predicted octanol–water partition coefficient (Wildman–Crippen LogP) is 9.31. The van der Waals surface area contributed by atoms with Crippen LogP contribution < -0.4 is 10.4 Å². The minimum atomic E-state index is -1.51. The molecular formula is C41H58Si. The lowest BCUT2D eigenvalue weighted by Gasteiger charge is -2.61. The lowest BCUT2D eigenvalue weighted by molar-refractivity contribution is -0.118. The van der Waals surface area contributed by atoms with Crippen molar-refractivity contribution in [1.82, 2.24) is 0 Å². The Labute approximate surface area is 260 Å². The van der Waals surface area contributed by atoms with Crippen LogP contribution in [-0.2, 0) is 0 Å². The second kappa shape index (κ2) is 12.7. The average molecular weight is 579 g/mol. The van der Waals surface area contributed by atoms with Gasteiger partial charge in [0.15, 0.2) is 8.80 Å². The van der Waals surface area contributed by atoms with Crippen molar-refractivity contribution in [3.8, 4) is 11.5 Å². The van der Waals surface area contributed by atoms with Gasteiger partial charge in [-0.15, -0.1) is 11.5 Å². The summed E-state index contributed by atoms with van der Waals surface area (Å²) >= 11 is 0. The summed E-state index contributed by atoms with van der Waals surface area (Å²) in [5, 5.41) is 2.93. The number of fused-ring (bicyclic) bond motifs is 5. The van der Waals surface area contributed by atoms with Crippen molar-refractivity contribution in [2.75, 3.05) is 0 Å². The molecule has 1 unspecified atom stereocenters. The third kappa shape index (κ3) is 5.84. The van der Waals surface area contributed by atoms with E-state index in [-0.39, 0.29) is 0 Å². The zero-order chi connectivity index (χ0) is 29.3. The maximum atomic E-state index is 3.95. The van der Waals surface area contributed by atoms with Crippen LogP contribution in [0, 0.1) is 69.6 Å². The largest absolute Gasteiger partial charge is 0.183 e. The van der Waals surface area contributed by atoms with E-state index in [9.17, 15) is 0 Å². The molecule has 4 fully saturated rings. The van der Waals surface area contributed by atoms with E-state index in [1.807, 2.05) is 0 Å². The quantitative estimate of drug-likeness (QED) is 0.227. The van der Waals surface area contributed by atoms with Crippen LogP contribution in [0.25, 0.3) is 0 Å². The summed E-state index contributed by atoms with van der Waals surface area (Å²) in [6, 6.07) is 22.3. The highest BCUT2D eigenvalue weighted by molar-refractivity contribution is 6.91. The topological polar surface area (TPSA) is 0 Å². The molecule has 0 aromatic heterocycles.